The molecule has 0 unspecified atom stereocenters. The number of rotatable bonds is 4. The molecule has 0 amide bonds. The Hall–Kier alpha value is -0.460. The summed E-state index contributed by atoms with van der Waals surface area (Å²) in [5, 5.41) is 0. The second kappa shape index (κ2) is 3.80. The molecule has 0 heterocycles. The molecule has 0 aliphatic rings. The molecule has 0 rings (SSSR count). The van der Waals surface area contributed by atoms with Gasteiger partial charge >= 0.3 is 0 Å². The summed E-state index contributed by atoms with van der Waals surface area (Å²) in [5.41, 5.74) is 4.95. The Labute approximate surface area is 66.2 Å². The fourth-order valence-corrected chi connectivity index (χ4v) is 1.17. The third-order valence-corrected chi connectivity index (χ3v) is 2.93. The highest BCUT2D eigenvalue weighted by atomic mass is 32.2. The monoisotopic (exact) mass is 180 g/mol. The molecule has 0 aromatic heterocycles. The van der Waals surface area contributed by atoms with Gasteiger partial charge in [-0.3, -0.25) is 4.79 Å². The van der Waals surface area contributed by atoms with E-state index in [9.17, 15) is 13.2 Å². The highest BCUT2D eigenvalue weighted by Gasteiger charge is 2.17. The first-order valence-corrected chi connectivity index (χ1v) is 4.63. The highest BCUT2D eigenvalue weighted by Crippen LogP contribution is 1.93. The van der Waals surface area contributed by atoms with E-state index in [1.807, 2.05) is 0 Å². The second-order valence-electron chi connectivity index (χ2n) is 2.28. The first kappa shape index (κ1) is 10.5. The van der Waals surface area contributed by atoms with E-state index in [-0.39, 0.29) is 6.54 Å². The van der Waals surface area contributed by atoms with Crippen LogP contribution in [0, 0.1) is 0 Å². The zero-order chi connectivity index (χ0) is 9.07. The van der Waals surface area contributed by atoms with Crippen LogP contribution in [0.1, 0.15) is 0 Å². The van der Waals surface area contributed by atoms with Gasteiger partial charge < -0.3 is 5.73 Å². The van der Waals surface area contributed by atoms with Gasteiger partial charge in [0.1, 0.15) is 5.75 Å². The van der Waals surface area contributed by atoms with Crippen LogP contribution in [0.2, 0.25) is 0 Å². The first-order chi connectivity index (χ1) is 4.90. The largest absolute Gasteiger partial charge is 0.324 e. The van der Waals surface area contributed by atoms with Crippen LogP contribution in [0.4, 0.5) is 0 Å². The van der Waals surface area contributed by atoms with Crippen molar-refractivity contribution in [1.29, 1.82) is 0 Å². The minimum Gasteiger partial charge on any atom is -0.324 e. The number of hydrogen-bond acceptors (Lipinski definition) is 4. The lowest BCUT2D eigenvalue weighted by molar-refractivity contribution is -0.115. The van der Waals surface area contributed by atoms with Gasteiger partial charge in [-0.25, -0.2) is 12.7 Å². The Morgan fingerprint density at radius 3 is 2.18 bits per heavy atom. The van der Waals surface area contributed by atoms with E-state index in [4.69, 9.17) is 5.73 Å². The summed E-state index contributed by atoms with van der Waals surface area (Å²) in [6.07, 6.45) is 0. The standard InChI is InChI=1S/C5H12N2O3S/c1-7(2)11(9,10)4-5(8)3-6/h3-4,6H2,1-2H3. The van der Waals surface area contributed by atoms with Crippen molar-refractivity contribution >= 4 is 15.8 Å². The Morgan fingerprint density at radius 1 is 1.45 bits per heavy atom. The number of nitrogens with two attached hydrogens (primary N) is 1. The molecule has 2 N–H and O–H groups in total. The zero-order valence-corrected chi connectivity index (χ0v) is 7.39. The van der Waals surface area contributed by atoms with Gasteiger partial charge in [0, 0.05) is 14.1 Å². The molecule has 0 aliphatic carbocycles. The lowest BCUT2D eigenvalue weighted by Crippen LogP contribution is -2.31. The van der Waals surface area contributed by atoms with Crippen molar-refractivity contribution < 1.29 is 13.2 Å². The number of Topliss-reactive ketones (excluding diaryl/α,β-unsaturated/α-hetero) is 1. The van der Waals surface area contributed by atoms with Crippen LogP contribution >= 0.6 is 0 Å². The lowest BCUT2D eigenvalue weighted by atomic mass is 10.5. The first-order valence-electron chi connectivity index (χ1n) is 3.02. The van der Waals surface area contributed by atoms with Crippen LogP contribution in [0.5, 0.6) is 0 Å². The summed E-state index contributed by atoms with van der Waals surface area (Å²) < 4.78 is 22.9. The topological polar surface area (TPSA) is 80.5 Å². The molecule has 0 bridgehead atoms. The summed E-state index contributed by atoms with van der Waals surface area (Å²) in [4.78, 5) is 10.6. The quantitative estimate of drug-likeness (QED) is 0.565. The highest BCUT2D eigenvalue weighted by molar-refractivity contribution is 7.89. The molecule has 0 spiro atoms. The SMILES string of the molecule is CN(C)S(=O)(=O)CC(=O)CN. The van der Waals surface area contributed by atoms with Gasteiger partial charge in [-0.2, -0.15) is 0 Å². The van der Waals surface area contributed by atoms with Gasteiger partial charge in [0.2, 0.25) is 10.0 Å². The molecule has 6 heteroatoms. The summed E-state index contributed by atoms with van der Waals surface area (Å²) in [5.74, 6) is -0.977. The predicted molar refractivity (Wildman–Crippen MR) is 41.5 cm³/mol. The maximum Gasteiger partial charge on any atom is 0.220 e. The van der Waals surface area contributed by atoms with Crippen molar-refractivity contribution in [3.8, 4) is 0 Å². The van der Waals surface area contributed by atoms with Crippen LogP contribution in [0.25, 0.3) is 0 Å². The summed E-state index contributed by atoms with van der Waals surface area (Å²) in [6, 6.07) is 0. The molecule has 0 atom stereocenters. The zero-order valence-electron chi connectivity index (χ0n) is 6.57. The molecular formula is C5H12N2O3S. The number of ketones is 1. The van der Waals surface area contributed by atoms with Crippen molar-refractivity contribution in [3.05, 3.63) is 0 Å². The van der Waals surface area contributed by atoms with Gasteiger partial charge in [-0.05, 0) is 0 Å². The van der Waals surface area contributed by atoms with Gasteiger partial charge in [-0.15, -0.1) is 0 Å². The van der Waals surface area contributed by atoms with Gasteiger partial charge in [0.25, 0.3) is 0 Å². The maximum absolute atomic E-state index is 10.9. The van der Waals surface area contributed by atoms with Crippen LogP contribution in [-0.2, 0) is 14.8 Å². The van der Waals surface area contributed by atoms with Crippen molar-refractivity contribution in [2.24, 2.45) is 5.73 Å². The predicted octanol–water partition coefficient (Wildman–Crippen LogP) is -1.59. The van der Waals surface area contributed by atoms with Gasteiger partial charge in [-0.1, -0.05) is 0 Å². The number of sulfonamides is 1. The molecule has 0 aromatic rings. The number of hydrogen-bond donors (Lipinski definition) is 1. The normalized spacial score (nSPS) is 12.0. The Bertz CT molecular complexity index is 232. The van der Waals surface area contributed by atoms with Crippen LogP contribution < -0.4 is 5.73 Å². The molecule has 0 saturated heterocycles. The third kappa shape index (κ3) is 3.45. The summed E-state index contributed by atoms with van der Waals surface area (Å²) in [7, 11) is -0.657. The van der Waals surface area contributed by atoms with Crippen LogP contribution in [0.15, 0.2) is 0 Å². The molecule has 0 aliphatic heterocycles. The molecular weight excluding hydrogens is 168 g/mol. The molecule has 0 radical (unpaired) electrons. The Kier molecular flexibility index (Phi) is 3.64. The van der Waals surface area contributed by atoms with E-state index in [0.717, 1.165) is 4.31 Å². The molecule has 11 heavy (non-hydrogen) atoms. The smallest absolute Gasteiger partial charge is 0.220 e. The van der Waals surface area contributed by atoms with Crippen molar-refractivity contribution in [3.63, 3.8) is 0 Å². The van der Waals surface area contributed by atoms with Crippen LogP contribution in [0.3, 0.4) is 0 Å². The van der Waals surface area contributed by atoms with Crippen molar-refractivity contribution in [2.45, 2.75) is 0 Å². The number of carbonyl (C=O) groups is 1. The Balaban J connectivity index is 4.27. The number of nitrogens with zero attached hydrogens (tertiary/aromatic N) is 1. The maximum atomic E-state index is 10.9. The average molecular weight is 180 g/mol. The van der Waals surface area contributed by atoms with E-state index in [1.54, 1.807) is 0 Å². The minimum absolute atomic E-state index is 0.229. The van der Waals surface area contributed by atoms with Crippen molar-refractivity contribution in [1.82, 2.24) is 4.31 Å². The van der Waals surface area contributed by atoms with E-state index in [1.165, 1.54) is 14.1 Å². The summed E-state index contributed by atoms with van der Waals surface area (Å²) in [6.45, 7) is -0.229. The van der Waals surface area contributed by atoms with E-state index >= 15 is 0 Å². The lowest BCUT2D eigenvalue weighted by Gasteiger charge is -2.08. The Morgan fingerprint density at radius 2 is 1.91 bits per heavy atom. The number of carbonyl (C=O) groups excluding carboxylic acids is 1. The fourth-order valence-electron chi connectivity index (χ4n) is 0.391. The fraction of sp³-hybridized carbons (Fsp3) is 0.800. The van der Waals surface area contributed by atoms with Gasteiger partial charge in [0.15, 0.2) is 5.78 Å². The van der Waals surface area contributed by atoms with Crippen molar-refractivity contribution in [2.75, 3.05) is 26.4 Å². The van der Waals surface area contributed by atoms with E-state index < -0.39 is 21.6 Å². The molecule has 5 nitrogen and oxygen atoms in total. The third-order valence-electron chi connectivity index (χ3n) is 1.13. The second-order valence-corrected chi connectivity index (χ2v) is 4.46. The summed E-state index contributed by atoms with van der Waals surface area (Å²) >= 11 is 0. The average Bonchev–Trinajstić information content (AvgIpc) is 1.86. The van der Waals surface area contributed by atoms with Gasteiger partial charge in [0.05, 0.1) is 6.54 Å². The molecule has 66 valence electrons. The van der Waals surface area contributed by atoms with Crippen LogP contribution in [-0.4, -0.2) is 44.9 Å². The van der Waals surface area contributed by atoms with E-state index in [2.05, 4.69) is 0 Å². The van der Waals surface area contributed by atoms with E-state index in [0.29, 0.717) is 0 Å². The minimum atomic E-state index is -3.41. The molecule has 0 aromatic carbocycles. The molecule has 0 fully saturated rings. The molecule has 0 saturated carbocycles.